The zero-order valence-corrected chi connectivity index (χ0v) is 13.3. The Morgan fingerprint density at radius 2 is 2.00 bits per heavy atom. The number of H-pyrrole nitrogens is 1. The van der Waals surface area contributed by atoms with E-state index in [9.17, 15) is 4.79 Å². The number of nitrogens with one attached hydrogen (secondary N) is 2. The quantitative estimate of drug-likeness (QED) is 0.747. The van der Waals surface area contributed by atoms with Crippen LogP contribution < -0.4 is 15.6 Å². The van der Waals surface area contributed by atoms with Gasteiger partial charge in [0.25, 0.3) is 11.3 Å². The molecule has 7 heteroatoms. The van der Waals surface area contributed by atoms with Gasteiger partial charge in [0.15, 0.2) is 5.82 Å². The number of benzene rings is 1. The first-order chi connectivity index (χ1) is 11.1. The Morgan fingerprint density at radius 3 is 2.65 bits per heavy atom. The Labute approximate surface area is 133 Å². The summed E-state index contributed by atoms with van der Waals surface area (Å²) in [4.78, 5) is 21.0. The summed E-state index contributed by atoms with van der Waals surface area (Å²) >= 11 is 0. The molecule has 0 aliphatic carbocycles. The molecule has 0 unspecified atom stereocenters. The molecule has 0 aliphatic heterocycles. The van der Waals surface area contributed by atoms with Crippen LogP contribution in [0.15, 0.2) is 35.1 Å². The maximum Gasteiger partial charge on any atom is 0.274 e. The Bertz CT molecular complexity index is 864. The van der Waals surface area contributed by atoms with Crippen molar-refractivity contribution in [2.24, 2.45) is 0 Å². The van der Waals surface area contributed by atoms with Crippen molar-refractivity contribution in [3.8, 4) is 17.1 Å². The van der Waals surface area contributed by atoms with E-state index in [-0.39, 0.29) is 5.56 Å². The van der Waals surface area contributed by atoms with Gasteiger partial charge in [0, 0.05) is 24.2 Å². The predicted molar refractivity (Wildman–Crippen MR) is 87.6 cm³/mol. The average Bonchev–Trinajstić information content (AvgIpc) is 2.97. The Balaban J connectivity index is 1.97. The van der Waals surface area contributed by atoms with Crippen molar-refractivity contribution in [2.45, 2.75) is 26.4 Å². The lowest BCUT2D eigenvalue weighted by Gasteiger charge is -2.06. The minimum atomic E-state index is -0.178. The minimum absolute atomic E-state index is 0.178. The van der Waals surface area contributed by atoms with E-state index >= 15 is 0 Å². The summed E-state index contributed by atoms with van der Waals surface area (Å²) in [5.74, 6) is 1.72. The number of aromatic amines is 1. The van der Waals surface area contributed by atoms with E-state index in [2.05, 4.69) is 20.4 Å². The molecule has 2 aromatic heterocycles. The molecule has 0 amide bonds. The highest BCUT2D eigenvalue weighted by molar-refractivity contribution is 5.58. The lowest BCUT2D eigenvalue weighted by Crippen LogP contribution is -2.24. The molecule has 3 rings (SSSR count). The van der Waals surface area contributed by atoms with Gasteiger partial charge in [0.05, 0.1) is 12.8 Å². The minimum Gasteiger partial charge on any atom is -0.497 e. The summed E-state index contributed by atoms with van der Waals surface area (Å²) in [6.45, 7) is 4.62. The second kappa shape index (κ2) is 6.21. The van der Waals surface area contributed by atoms with Crippen molar-refractivity contribution >= 4 is 5.78 Å². The number of hydrogen-bond acceptors (Lipinski definition) is 5. The molecular weight excluding hydrogens is 294 g/mol. The lowest BCUT2D eigenvalue weighted by molar-refractivity contribution is 0.415. The number of aromatic nitrogens is 4. The molecule has 0 aliphatic rings. The van der Waals surface area contributed by atoms with Crippen molar-refractivity contribution in [2.75, 3.05) is 7.11 Å². The Hall–Kier alpha value is -2.67. The van der Waals surface area contributed by atoms with Crippen LogP contribution in [0.4, 0.5) is 0 Å². The van der Waals surface area contributed by atoms with Gasteiger partial charge in [-0.2, -0.15) is 9.50 Å². The summed E-state index contributed by atoms with van der Waals surface area (Å²) in [5.41, 5.74) is 1.36. The molecule has 23 heavy (non-hydrogen) atoms. The van der Waals surface area contributed by atoms with Crippen LogP contribution in [0.1, 0.15) is 19.5 Å². The molecule has 7 nitrogen and oxygen atoms in total. The van der Waals surface area contributed by atoms with Crippen LogP contribution in [0.5, 0.6) is 5.75 Å². The highest BCUT2D eigenvalue weighted by atomic mass is 16.5. The van der Waals surface area contributed by atoms with Gasteiger partial charge in [-0.3, -0.25) is 9.89 Å². The molecule has 0 radical (unpaired) electrons. The van der Waals surface area contributed by atoms with Gasteiger partial charge in [-0.15, -0.1) is 0 Å². The van der Waals surface area contributed by atoms with E-state index < -0.39 is 0 Å². The molecule has 0 atom stereocenters. The van der Waals surface area contributed by atoms with Crippen LogP contribution in [-0.4, -0.2) is 32.7 Å². The van der Waals surface area contributed by atoms with E-state index in [1.807, 2.05) is 38.1 Å². The largest absolute Gasteiger partial charge is 0.497 e. The molecule has 120 valence electrons. The van der Waals surface area contributed by atoms with Gasteiger partial charge in [0.2, 0.25) is 0 Å². The fourth-order valence-corrected chi connectivity index (χ4v) is 2.20. The second-order valence-electron chi connectivity index (χ2n) is 5.56. The monoisotopic (exact) mass is 313 g/mol. The third-order valence-corrected chi connectivity index (χ3v) is 3.44. The molecule has 0 saturated heterocycles. The van der Waals surface area contributed by atoms with Crippen LogP contribution in [0.3, 0.4) is 0 Å². The molecule has 1 aromatic carbocycles. The number of hydrogen-bond donors (Lipinski definition) is 2. The van der Waals surface area contributed by atoms with Crippen LogP contribution in [0, 0.1) is 0 Å². The molecular formula is C16H19N5O2. The highest BCUT2D eigenvalue weighted by Crippen LogP contribution is 2.19. The Morgan fingerprint density at radius 1 is 1.26 bits per heavy atom. The molecule has 2 heterocycles. The van der Waals surface area contributed by atoms with Crippen LogP contribution in [0.25, 0.3) is 17.2 Å². The van der Waals surface area contributed by atoms with Crippen molar-refractivity contribution in [3.05, 3.63) is 46.4 Å². The van der Waals surface area contributed by atoms with Crippen molar-refractivity contribution in [3.63, 3.8) is 0 Å². The third-order valence-electron chi connectivity index (χ3n) is 3.44. The fraction of sp³-hybridized carbons (Fsp3) is 0.312. The molecule has 0 fully saturated rings. The molecule has 2 N–H and O–H groups in total. The van der Waals surface area contributed by atoms with E-state index in [4.69, 9.17) is 4.74 Å². The first-order valence-electron chi connectivity index (χ1n) is 7.43. The smallest absolute Gasteiger partial charge is 0.274 e. The van der Waals surface area contributed by atoms with Gasteiger partial charge in [-0.1, -0.05) is 13.8 Å². The summed E-state index contributed by atoms with van der Waals surface area (Å²) < 4.78 is 6.49. The van der Waals surface area contributed by atoms with Gasteiger partial charge in [-0.25, -0.2) is 4.98 Å². The van der Waals surface area contributed by atoms with Crippen LogP contribution in [0.2, 0.25) is 0 Å². The predicted octanol–water partition coefficient (Wildman–Crippen LogP) is 1.59. The van der Waals surface area contributed by atoms with Crippen molar-refractivity contribution in [1.82, 2.24) is 24.9 Å². The van der Waals surface area contributed by atoms with Gasteiger partial charge < -0.3 is 10.1 Å². The maximum absolute atomic E-state index is 12.2. The van der Waals surface area contributed by atoms with Crippen molar-refractivity contribution in [1.29, 1.82) is 0 Å². The molecule has 0 saturated carbocycles. The topological polar surface area (TPSA) is 84.3 Å². The SMILES string of the molecule is COc1ccc(-c2nc3nc(CNC(C)C)cc(=O)n3[nH]2)cc1. The number of methoxy groups -OCH3 is 1. The summed E-state index contributed by atoms with van der Waals surface area (Å²) in [6, 6.07) is 9.28. The first-order valence-corrected chi connectivity index (χ1v) is 7.43. The maximum atomic E-state index is 12.2. The summed E-state index contributed by atoms with van der Waals surface area (Å²) in [6.07, 6.45) is 0. The zero-order chi connectivity index (χ0) is 16.4. The zero-order valence-electron chi connectivity index (χ0n) is 13.3. The molecule has 3 aromatic rings. The summed E-state index contributed by atoms with van der Waals surface area (Å²) in [5, 5.41) is 6.22. The van der Waals surface area contributed by atoms with E-state index in [0.717, 1.165) is 11.3 Å². The molecule has 0 bridgehead atoms. The fourth-order valence-electron chi connectivity index (χ4n) is 2.20. The number of rotatable bonds is 5. The van der Waals surface area contributed by atoms with Gasteiger partial charge >= 0.3 is 0 Å². The van der Waals surface area contributed by atoms with Gasteiger partial charge in [0.1, 0.15) is 5.75 Å². The standard InChI is InChI=1S/C16H19N5O2/c1-10(2)17-9-12-8-14(22)21-16(18-12)19-15(20-21)11-4-6-13(23-3)7-5-11/h4-8,10,17H,9H2,1-3H3,(H,18,19,20). The van der Waals surface area contributed by atoms with E-state index in [0.29, 0.717) is 29.9 Å². The molecule has 0 spiro atoms. The van der Waals surface area contributed by atoms with Crippen molar-refractivity contribution < 1.29 is 4.74 Å². The lowest BCUT2D eigenvalue weighted by atomic mass is 10.2. The third kappa shape index (κ3) is 3.24. The van der Waals surface area contributed by atoms with Crippen LogP contribution in [-0.2, 0) is 6.54 Å². The average molecular weight is 313 g/mol. The number of fused-ring (bicyclic) bond motifs is 1. The second-order valence-corrected chi connectivity index (χ2v) is 5.56. The summed E-state index contributed by atoms with van der Waals surface area (Å²) in [7, 11) is 1.62. The highest BCUT2D eigenvalue weighted by Gasteiger charge is 2.10. The first kappa shape index (κ1) is 15.2. The number of ether oxygens (including phenoxy) is 1. The van der Waals surface area contributed by atoms with Crippen LogP contribution >= 0.6 is 0 Å². The van der Waals surface area contributed by atoms with E-state index in [1.165, 1.54) is 10.6 Å². The normalized spacial score (nSPS) is 11.3. The number of nitrogens with zero attached hydrogens (tertiary/aromatic N) is 3. The van der Waals surface area contributed by atoms with E-state index in [1.54, 1.807) is 7.11 Å². The Kier molecular flexibility index (Phi) is 4.12. The van der Waals surface area contributed by atoms with Gasteiger partial charge in [-0.05, 0) is 24.3 Å².